The first-order chi connectivity index (χ1) is 9.55. The lowest BCUT2D eigenvalue weighted by Gasteiger charge is -2.26. The van der Waals surface area contributed by atoms with Crippen molar-refractivity contribution in [3.8, 4) is 0 Å². The Labute approximate surface area is 122 Å². The van der Waals surface area contributed by atoms with Gasteiger partial charge in [-0.05, 0) is 31.9 Å². The van der Waals surface area contributed by atoms with E-state index in [1.165, 1.54) is 6.07 Å². The second-order valence-corrected chi connectivity index (χ2v) is 5.88. The summed E-state index contributed by atoms with van der Waals surface area (Å²) in [5, 5.41) is 2.78. The molecular weight excluding hydrogens is 281 g/mol. The number of nitrogens with two attached hydrogens (primary N) is 1. The van der Waals surface area contributed by atoms with E-state index in [9.17, 15) is 18.0 Å². The lowest BCUT2D eigenvalue weighted by atomic mass is 9.97. The molecule has 1 aromatic rings. The smallest absolute Gasteiger partial charge is 0.350 e. The van der Waals surface area contributed by atoms with Crippen LogP contribution in [0, 0.1) is 5.92 Å². The standard InChI is InChI=1S/C15H21F3N2O/c1-10(13(21)20-14(2,3)9-19)7-11-5-4-6-12(8-11)15(16,17)18/h4-6,8,10H,7,9,19H2,1-3H3,(H,20,21). The molecule has 0 fully saturated rings. The number of carbonyl (C=O) groups is 1. The monoisotopic (exact) mass is 302 g/mol. The predicted molar refractivity (Wildman–Crippen MR) is 75.6 cm³/mol. The Morgan fingerprint density at radius 3 is 2.48 bits per heavy atom. The molecule has 1 aromatic carbocycles. The van der Waals surface area contributed by atoms with Crippen LogP contribution in [-0.4, -0.2) is 18.0 Å². The Kier molecular flexibility index (Phi) is 5.39. The molecule has 0 aliphatic heterocycles. The van der Waals surface area contributed by atoms with Gasteiger partial charge in [0.05, 0.1) is 5.56 Å². The van der Waals surface area contributed by atoms with Crippen LogP contribution in [0.3, 0.4) is 0 Å². The van der Waals surface area contributed by atoms with Gasteiger partial charge in [-0.25, -0.2) is 0 Å². The van der Waals surface area contributed by atoms with Crippen LogP contribution in [0.5, 0.6) is 0 Å². The Balaban J connectivity index is 2.75. The molecular formula is C15H21F3N2O. The molecule has 6 heteroatoms. The zero-order valence-corrected chi connectivity index (χ0v) is 12.4. The molecule has 3 N–H and O–H groups in total. The van der Waals surface area contributed by atoms with Crippen molar-refractivity contribution in [3.05, 3.63) is 35.4 Å². The van der Waals surface area contributed by atoms with Crippen LogP contribution in [0.2, 0.25) is 0 Å². The summed E-state index contributed by atoms with van der Waals surface area (Å²) < 4.78 is 37.9. The average Bonchev–Trinajstić information content (AvgIpc) is 2.37. The molecule has 0 spiro atoms. The van der Waals surface area contributed by atoms with Gasteiger partial charge >= 0.3 is 6.18 Å². The topological polar surface area (TPSA) is 55.1 Å². The van der Waals surface area contributed by atoms with Gasteiger partial charge < -0.3 is 11.1 Å². The normalized spacial score (nSPS) is 13.9. The average molecular weight is 302 g/mol. The van der Waals surface area contributed by atoms with Gasteiger partial charge in [0.2, 0.25) is 5.91 Å². The van der Waals surface area contributed by atoms with Crippen LogP contribution in [0.25, 0.3) is 0 Å². The van der Waals surface area contributed by atoms with Crippen LogP contribution < -0.4 is 11.1 Å². The van der Waals surface area contributed by atoms with Gasteiger partial charge in [-0.1, -0.05) is 25.1 Å². The van der Waals surface area contributed by atoms with Crippen molar-refractivity contribution >= 4 is 5.91 Å². The maximum Gasteiger partial charge on any atom is 0.416 e. The third-order valence-corrected chi connectivity index (χ3v) is 3.22. The number of hydrogen-bond acceptors (Lipinski definition) is 2. The Morgan fingerprint density at radius 2 is 1.95 bits per heavy atom. The van der Waals surface area contributed by atoms with Crippen molar-refractivity contribution in [2.45, 2.75) is 38.9 Å². The van der Waals surface area contributed by atoms with E-state index in [4.69, 9.17) is 5.73 Å². The van der Waals surface area contributed by atoms with E-state index in [2.05, 4.69) is 5.32 Å². The molecule has 0 aliphatic carbocycles. The molecule has 0 saturated heterocycles. The Hall–Kier alpha value is -1.56. The third-order valence-electron chi connectivity index (χ3n) is 3.22. The van der Waals surface area contributed by atoms with Crippen molar-refractivity contribution in [2.75, 3.05) is 6.54 Å². The summed E-state index contributed by atoms with van der Waals surface area (Å²) in [6, 6.07) is 5.04. The number of halogens is 3. The van der Waals surface area contributed by atoms with Gasteiger partial charge in [0, 0.05) is 18.0 Å². The summed E-state index contributed by atoms with van der Waals surface area (Å²) in [5.41, 5.74) is 4.79. The highest BCUT2D eigenvalue weighted by Gasteiger charge is 2.30. The number of benzene rings is 1. The molecule has 0 bridgehead atoms. The molecule has 3 nitrogen and oxygen atoms in total. The van der Waals surface area contributed by atoms with Gasteiger partial charge in [0.25, 0.3) is 0 Å². The highest BCUT2D eigenvalue weighted by molar-refractivity contribution is 5.79. The van der Waals surface area contributed by atoms with E-state index in [-0.39, 0.29) is 18.9 Å². The maximum absolute atomic E-state index is 12.6. The van der Waals surface area contributed by atoms with Gasteiger partial charge in [-0.2, -0.15) is 13.2 Å². The Bertz CT molecular complexity index is 498. The highest BCUT2D eigenvalue weighted by Crippen LogP contribution is 2.30. The van der Waals surface area contributed by atoms with Gasteiger partial charge in [0.1, 0.15) is 0 Å². The molecule has 1 atom stereocenters. The van der Waals surface area contributed by atoms with Crippen LogP contribution in [0.1, 0.15) is 31.9 Å². The number of amides is 1. The summed E-state index contributed by atoms with van der Waals surface area (Å²) in [7, 11) is 0. The fraction of sp³-hybridized carbons (Fsp3) is 0.533. The molecule has 0 heterocycles. The molecule has 0 radical (unpaired) electrons. The SMILES string of the molecule is CC(Cc1cccc(C(F)(F)F)c1)C(=O)NC(C)(C)CN. The first-order valence-electron chi connectivity index (χ1n) is 6.73. The zero-order valence-electron chi connectivity index (χ0n) is 12.4. The molecule has 0 saturated carbocycles. The zero-order chi connectivity index (χ0) is 16.3. The minimum Gasteiger partial charge on any atom is -0.350 e. The van der Waals surface area contributed by atoms with Gasteiger partial charge in [-0.3, -0.25) is 4.79 Å². The third kappa shape index (κ3) is 5.38. The fourth-order valence-corrected chi connectivity index (χ4v) is 1.83. The largest absolute Gasteiger partial charge is 0.416 e. The number of nitrogens with one attached hydrogen (secondary N) is 1. The van der Waals surface area contributed by atoms with Crippen molar-refractivity contribution in [3.63, 3.8) is 0 Å². The van der Waals surface area contributed by atoms with Crippen molar-refractivity contribution in [1.82, 2.24) is 5.32 Å². The van der Waals surface area contributed by atoms with Crippen molar-refractivity contribution in [2.24, 2.45) is 11.7 Å². The van der Waals surface area contributed by atoms with E-state index in [0.717, 1.165) is 12.1 Å². The molecule has 118 valence electrons. The molecule has 1 amide bonds. The van der Waals surface area contributed by atoms with E-state index < -0.39 is 23.2 Å². The minimum absolute atomic E-state index is 0.220. The first kappa shape index (κ1) is 17.5. The fourth-order valence-electron chi connectivity index (χ4n) is 1.83. The first-order valence-corrected chi connectivity index (χ1v) is 6.73. The maximum atomic E-state index is 12.6. The van der Waals surface area contributed by atoms with E-state index >= 15 is 0 Å². The Morgan fingerprint density at radius 1 is 1.33 bits per heavy atom. The molecule has 1 unspecified atom stereocenters. The molecule has 0 aliphatic rings. The molecule has 21 heavy (non-hydrogen) atoms. The second kappa shape index (κ2) is 6.47. The molecule has 0 aromatic heterocycles. The summed E-state index contributed by atoms with van der Waals surface area (Å²) in [6.45, 7) is 5.56. The number of hydrogen-bond donors (Lipinski definition) is 2. The number of rotatable bonds is 5. The quantitative estimate of drug-likeness (QED) is 0.878. The van der Waals surface area contributed by atoms with Gasteiger partial charge in [-0.15, -0.1) is 0 Å². The minimum atomic E-state index is -4.37. The highest BCUT2D eigenvalue weighted by atomic mass is 19.4. The van der Waals surface area contributed by atoms with Crippen LogP contribution in [0.15, 0.2) is 24.3 Å². The van der Waals surface area contributed by atoms with E-state index in [0.29, 0.717) is 5.56 Å². The summed E-state index contributed by atoms with van der Waals surface area (Å²) in [5.74, 6) is -0.651. The van der Waals surface area contributed by atoms with Crippen molar-refractivity contribution in [1.29, 1.82) is 0 Å². The van der Waals surface area contributed by atoms with Crippen LogP contribution >= 0.6 is 0 Å². The van der Waals surface area contributed by atoms with E-state index in [1.54, 1.807) is 26.8 Å². The number of alkyl halides is 3. The van der Waals surface area contributed by atoms with E-state index in [1.807, 2.05) is 0 Å². The van der Waals surface area contributed by atoms with Crippen molar-refractivity contribution < 1.29 is 18.0 Å². The van der Waals surface area contributed by atoms with Crippen LogP contribution in [-0.2, 0) is 17.4 Å². The molecule has 1 rings (SSSR count). The lowest BCUT2D eigenvalue weighted by Crippen LogP contribution is -2.50. The second-order valence-electron chi connectivity index (χ2n) is 5.88. The lowest BCUT2D eigenvalue weighted by molar-refractivity contribution is -0.137. The number of carbonyl (C=O) groups excluding carboxylic acids is 1. The predicted octanol–water partition coefficient (Wildman–Crippen LogP) is 2.74. The summed E-state index contributed by atoms with van der Waals surface area (Å²) in [6.07, 6.45) is -4.13. The van der Waals surface area contributed by atoms with Crippen LogP contribution in [0.4, 0.5) is 13.2 Å². The summed E-state index contributed by atoms with van der Waals surface area (Å²) in [4.78, 5) is 12.0. The van der Waals surface area contributed by atoms with Gasteiger partial charge in [0.15, 0.2) is 0 Å². The summed E-state index contributed by atoms with van der Waals surface area (Å²) >= 11 is 0.